The lowest BCUT2D eigenvalue weighted by atomic mass is 10.2. The summed E-state index contributed by atoms with van der Waals surface area (Å²) >= 11 is 1.21. The summed E-state index contributed by atoms with van der Waals surface area (Å²) in [4.78, 5) is 12.9. The Hall–Kier alpha value is -3.40. The molecule has 10 heteroatoms. The molecule has 0 aliphatic heterocycles. The minimum absolute atomic E-state index is 0.0536. The normalized spacial score (nSPS) is 11.3. The van der Waals surface area contributed by atoms with Gasteiger partial charge in [0.15, 0.2) is 5.78 Å². The van der Waals surface area contributed by atoms with Crippen molar-refractivity contribution < 1.29 is 9.18 Å². The minimum atomic E-state index is -0.301. The molecule has 160 valence electrons. The fourth-order valence-electron chi connectivity index (χ4n) is 3.58. The number of rotatable bonds is 6. The summed E-state index contributed by atoms with van der Waals surface area (Å²) in [5.74, 6) is 6.33. The van der Waals surface area contributed by atoms with Crippen LogP contribution in [0.15, 0.2) is 41.6 Å². The Morgan fingerprint density at radius 3 is 2.42 bits per heavy atom. The van der Waals surface area contributed by atoms with Gasteiger partial charge in [-0.25, -0.2) is 13.7 Å². The Morgan fingerprint density at radius 1 is 1.06 bits per heavy atom. The van der Waals surface area contributed by atoms with E-state index >= 15 is 0 Å². The third-order valence-corrected chi connectivity index (χ3v) is 5.94. The molecule has 4 rings (SSSR count). The summed E-state index contributed by atoms with van der Waals surface area (Å²) in [6, 6.07) is 9.95. The fraction of sp³-hybridized carbons (Fsp3) is 0.238. The first-order valence-electron chi connectivity index (χ1n) is 9.61. The summed E-state index contributed by atoms with van der Waals surface area (Å²) in [7, 11) is 0. The van der Waals surface area contributed by atoms with Gasteiger partial charge in [0.2, 0.25) is 5.16 Å². The number of carbonyl (C=O) groups is 1. The molecule has 31 heavy (non-hydrogen) atoms. The summed E-state index contributed by atoms with van der Waals surface area (Å²) in [5, 5.41) is 13.0. The topological polar surface area (TPSA) is 96.5 Å². The van der Waals surface area contributed by atoms with E-state index in [1.54, 1.807) is 16.8 Å². The number of carbonyl (C=O) groups excluding carboxylic acids is 1. The number of halogens is 1. The highest BCUT2D eigenvalue weighted by molar-refractivity contribution is 7.99. The van der Waals surface area contributed by atoms with Crippen LogP contribution in [-0.2, 0) is 0 Å². The van der Waals surface area contributed by atoms with Crippen molar-refractivity contribution in [2.75, 3.05) is 11.6 Å². The van der Waals surface area contributed by atoms with E-state index in [0.29, 0.717) is 16.7 Å². The smallest absolute Gasteiger partial charge is 0.271 e. The Kier molecular flexibility index (Phi) is 5.40. The summed E-state index contributed by atoms with van der Waals surface area (Å²) in [6.45, 7) is 7.58. The largest absolute Gasteiger partial charge is 0.334 e. The number of aromatic nitrogens is 6. The molecule has 0 bridgehead atoms. The van der Waals surface area contributed by atoms with Crippen molar-refractivity contribution in [2.24, 2.45) is 0 Å². The van der Waals surface area contributed by atoms with Crippen LogP contribution in [0.1, 0.15) is 33.1 Å². The second-order valence-electron chi connectivity index (χ2n) is 7.30. The molecule has 0 amide bonds. The van der Waals surface area contributed by atoms with Crippen molar-refractivity contribution in [3.63, 3.8) is 0 Å². The molecule has 3 heterocycles. The van der Waals surface area contributed by atoms with E-state index in [2.05, 4.69) is 15.3 Å². The maximum atomic E-state index is 13.3. The van der Waals surface area contributed by atoms with Crippen LogP contribution in [-0.4, -0.2) is 40.8 Å². The molecule has 0 aliphatic carbocycles. The van der Waals surface area contributed by atoms with Crippen LogP contribution in [0.25, 0.3) is 11.6 Å². The Labute approximate surface area is 182 Å². The van der Waals surface area contributed by atoms with Crippen molar-refractivity contribution in [3.05, 3.63) is 70.6 Å². The molecule has 1 aromatic carbocycles. The standard InChI is InChI=1S/C21H22FN7OS/c1-12-9-14(3)29(26-12)20-24-25-21(28(20)23)31-11-19(30)18-10-13(2)27(15(18)4)17-7-5-16(22)6-8-17/h5-10H,11,23H2,1-4H3. The molecular weight excluding hydrogens is 417 g/mol. The number of nitrogens with two attached hydrogens (primary N) is 1. The number of thioether (sulfide) groups is 1. The zero-order chi connectivity index (χ0) is 22.3. The molecule has 4 aromatic rings. The van der Waals surface area contributed by atoms with Crippen LogP contribution in [0.2, 0.25) is 0 Å². The van der Waals surface area contributed by atoms with E-state index < -0.39 is 0 Å². The molecule has 0 spiro atoms. The van der Waals surface area contributed by atoms with E-state index in [9.17, 15) is 9.18 Å². The Balaban J connectivity index is 1.53. The third-order valence-electron chi connectivity index (χ3n) is 4.99. The summed E-state index contributed by atoms with van der Waals surface area (Å²) in [5.41, 5.74) is 4.84. The quantitative estimate of drug-likeness (QED) is 0.281. The molecule has 0 saturated heterocycles. The zero-order valence-electron chi connectivity index (χ0n) is 17.6. The Bertz CT molecular complexity index is 1270. The van der Waals surface area contributed by atoms with E-state index in [1.807, 2.05) is 44.4 Å². The molecule has 0 radical (unpaired) electrons. The highest BCUT2D eigenvalue weighted by Gasteiger charge is 2.20. The van der Waals surface area contributed by atoms with Gasteiger partial charge in [-0.3, -0.25) is 4.79 Å². The van der Waals surface area contributed by atoms with Gasteiger partial charge < -0.3 is 10.4 Å². The fourth-order valence-corrected chi connectivity index (χ4v) is 4.32. The van der Waals surface area contributed by atoms with E-state index in [4.69, 9.17) is 5.84 Å². The maximum Gasteiger partial charge on any atom is 0.271 e. The number of nitrogen functional groups attached to an aromatic ring is 1. The predicted molar refractivity (Wildman–Crippen MR) is 117 cm³/mol. The van der Waals surface area contributed by atoms with E-state index in [-0.39, 0.29) is 17.4 Å². The second kappa shape index (κ2) is 8.03. The van der Waals surface area contributed by atoms with Crippen LogP contribution >= 0.6 is 11.8 Å². The molecule has 0 unspecified atom stereocenters. The predicted octanol–water partition coefficient (Wildman–Crippen LogP) is 3.32. The number of ketones is 1. The third kappa shape index (κ3) is 3.86. The lowest BCUT2D eigenvalue weighted by Gasteiger charge is -2.09. The zero-order valence-corrected chi connectivity index (χ0v) is 18.4. The number of hydrogen-bond acceptors (Lipinski definition) is 6. The first-order chi connectivity index (χ1) is 14.8. The van der Waals surface area contributed by atoms with Gasteiger partial charge in [0.05, 0.1) is 11.4 Å². The van der Waals surface area contributed by atoms with Gasteiger partial charge in [0, 0.05) is 28.3 Å². The molecule has 0 saturated carbocycles. The molecule has 3 aromatic heterocycles. The Morgan fingerprint density at radius 2 is 1.77 bits per heavy atom. The van der Waals surface area contributed by atoms with Gasteiger partial charge in [-0.05, 0) is 64.1 Å². The van der Waals surface area contributed by atoms with Crippen LogP contribution < -0.4 is 5.84 Å². The molecule has 0 atom stereocenters. The number of benzene rings is 1. The van der Waals surface area contributed by atoms with Crippen molar-refractivity contribution >= 4 is 17.5 Å². The maximum absolute atomic E-state index is 13.3. The van der Waals surface area contributed by atoms with Gasteiger partial charge in [0.1, 0.15) is 5.82 Å². The minimum Gasteiger partial charge on any atom is -0.334 e. The lowest BCUT2D eigenvalue weighted by Crippen LogP contribution is -2.17. The van der Waals surface area contributed by atoms with Crippen molar-refractivity contribution in [1.82, 2.24) is 29.2 Å². The molecular formula is C21H22FN7OS. The van der Waals surface area contributed by atoms with Crippen LogP contribution in [0, 0.1) is 33.5 Å². The highest BCUT2D eigenvalue weighted by Crippen LogP contribution is 2.24. The van der Waals surface area contributed by atoms with Gasteiger partial charge in [0.25, 0.3) is 5.95 Å². The van der Waals surface area contributed by atoms with Gasteiger partial charge >= 0.3 is 0 Å². The monoisotopic (exact) mass is 439 g/mol. The number of aryl methyl sites for hydroxylation is 3. The molecule has 8 nitrogen and oxygen atoms in total. The molecule has 0 aliphatic rings. The van der Waals surface area contributed by atoms with Crippen LogP contribution in [0.4, 0.5) is 4.39 Å². The average Bonchev–Trinajstić information content (AvgIpc) is 3.35. The van der Waals surface area contributed by atoms with E-state index in [1.165, 1.54) is 28.6 Å². The molecule has 2 N–H and O–H groups in total. The SMILES string of the molecule is Cc1cc(C)n(-c2nnc(SCC(=O)c3cc(C)n(-c4ccc(F)cc4)c3C)n2N)n1. The van der Waals surface area contributed by atoms with Gasteiger partial charge in [-0.2, -0.15) is 5.10 Å². The highest BCUT2D eigenvalue weighted by atomic mass is 32.2. The summed E-state index contributed by atoms with van der Waals surface area (Å²) < 4.78 is 18.2. The van der Waals surface area contributed by atoms with Gasteiger partial charge in [-0.1, -0.05) is 11.8 Å². The van der Waals surface area contributed by atoms with Gasteiger partial charge in [-0.15, -0.1) is 10.2 Å². The number of Topliss-reactive ketones (excluding diaryl/α,β-unsaturated/α-hetero) is 1. The van der Waals surface area contributed by atoms with E-state index in [0.717, 1.165) is 28.5 Å². The van der Waals surface area contributed by atoms with Crippen molar-refractivity contribution in [2.45, 2.75) is 32.9 Å². The first-order valence-corrected chi connectivity index (χ1v) is 10.6. The lowest BCUT2D eigenvalue weighted by molar-refractivity contribution is 0.102. The first kappa shape index (κ1) is 20.9. The van der Waals surface area contributed by atoms with Crippen LogP contribution in [0.5, 0.6) is 0 Å². The molecule has 0 fully saturated rings. The van der Waals surface area contributed by atoms with Crippen molar-refractivity contribution in [3.8, 4) is 11.6 Å². The average molecular weight is 440 g/mol. The van der Waals surface area contributed by atoms with Crippen LogP contribution in [0.3, 0.4) is 0 Å². The second-order valence-corrected chi connectivity index (χ2v) is 8.24. The number of nitrogens with zero attached hydrogens (tertiary/aromatic N) is 6. The van der Waals surface area contributed by atoms with Crippen molar-refractivity contribution in [1.29, 1.82) is 0 Å². The summed E-state index contributed by atoms with van der Waals surface area (Å²) in [6.07, 6.45) is 0. The number of hydrogen-bond donors (Lipinski definition) is 1.